The first-order chi connectivity index (χ1) is 55.6. The summed E-state index contributed by atoms with van der Waals surface area (Å²) in [5.74, 6) is 0. The van der Waals surface area contributed by atoms with E-state index in [-0.39, 0.29) is 10.8 Å². The molecular weight excluding hydrogens is 1370 g/mol. The van der Waals surface area contributed by atoms with Crippen molar-refractivity contribution in [2.75, 3.05) is 9.80 Å². The lowest BCUT2D eigenvalue weighted by molar-refractivity contribution is 0.660. The second-order valence-corrected chi connectivity index (χ2v) is 32.2. The number of hydrogen-bond acceptors (Lipinski definition) is 2. The third-order valence-corrected chi connectivity index (χ3v) is 25.7. The maximum Gasteiger partial charge on any atom is 0.0731 e. The van der Waals surface area contributed by atoms with Gasteiger partial charge < -0.3 is 18.9 Å². The van der Waals surface area contributed by atoms with Gasteiger partial charge in [-0.1, -0.05) is 301 Å². The molecule has 4 aliphatic rings. The number of para-hydroxylation sites is 4. The maximum absolute atomic E-state index is 2.56. The van der Waals surface area contributed by atoms with E-state index in [1.54, 1.807) is 0 Å². The van der Waals surface area contributed by atoms with Gasteiger partial charge in [0.1, 0.15) is 0 Å². The number of hydrogen-bond donors (Lipinski definition) is 0. The summed E-state index contributed by atoms with van der Waals surface area (Å²) in [6.45, 7) is 9.61. The molecular formula is C109H76N4. The van der Waals surface area contributed by atoms with Crippen LogP contribution in [0.25, 0.3) is 133 Å². The van der Waals surface area contributed by atoms with Crippen LogP contribution in [0.4, 0.5) is 34.1 Å². The molecule has 0 fully saturated rings. The molecule has 0 radical (unpaired) electrons. The average molecular weight is 1440 g/mol. The lowest BCUT2D eigenvalue weighted by Crippen LogP contribution is -2.26. The lowest BCUT2D eigenvalue weighted by Gasteiger charge is -2.34. The quantitative estimate of drug-likeness (QED) is 0.128. The summed E-state index contributed by atoms with van der Waals surface area (Å²) in [6.07, 6.45) is 0. The molecule has 0 amide bonds. The third kappa shape index (κ3) is 9.32. The van der Waals surface area contributed by atoms with Crippen molar-refractivity contribution in [3.05, 3.63) is 433 Å². The Kier molecular flexibility index (Phi) is 14.1. The summed E-state index contributed by atoms with van der Waals surface area (Å²) in [4.78, 5) is 5.12. The van der Waals surface area contributed by atoms with Crippen LogP contribution in [0.2, 0.25) is 0 Å². The molecule has 113 heavy (non-hydrogen) atoms. The van der Waals surface area contributed by atoms with Gasteiger partial charge in [0.05, 0.1) is 27.5 Å². The summed E-state index contributed by atoms with van der Waals surface area (Å²) in [6, 6.07) is 147. The van der Waals surface area contributed by atoms with Crippen molar-refractivity contribution in [2.45, 2.75) is 43.9 Å². The van der Waals surface area contributed by atoms with Crippen molar-refractivity contribution in [3.63, 3.8) is 0 Å². The lowest BCUT2D eigenvalue weighted by atomic mass is 9.68. The van der Waals surface area contributed by atoms with Gasteiger partial charge >= 0.3 is 0 Å². The minimum Gasteiger partial charge on any atom is -0.310 e. The highest BCUT2D eigenvalue weighted by Gasteiger charge is 2.53. The van der Waals surface area contributed by atoms with Crippen LogP contribution in [0.3, 0.4) is 0 Å². The number of aromatic nitrogens is 2. The zero-order valence-corrected chi connectivity index (χ0v) is 63.2. The topological polar surface area (TPSA) is 16.3 Å². The van der Waals surface area contributed by atoms with E-state index in [1.165, 1.54) is 149 Å². The summed E-state index contributed by atoms with van der Waals surface area (Å²) in [5, 5.41) is 4.91. The van der Waals surface area contributed by atoms with Crippen LogP contribution < -0.4 is 9.80 Å². The van der Waals surface area contributed by atoms with Gasteiger partial charge in [-0.25, -0.2) is 0 Å². The molecule has 19 aromatic rings. The molecule has 2 heterocycles. The van der Waals surface area contributed by atoms with E-state index < -0.39 is 5.41 Å². The number of anilines is 6. The molecule has 0 unspecified atom stereocenters. The van der Waals surface area contributed by atoms with Gasteiger partial charge in [0.25, 0.3) is 0 Å². The summed E-state index contributed by atoms with van der Waals surface area (Å²) >= 11 is 0. The molecule has 0 N–H and O–H groups in total. The second-order valence-electron chi connectivity index (χ2n) is 32.2. The number of fused-ring (bicyclic) bond motifs is 22. The zero-order chi connectivity index (χ0) is 75.0. The van der Waals surface area contributed by atoms with Crippen LogP contribution in [0.1, 0.15) is 72.2 Å². The molecule has 4 nitrogen and oxygen atoms in total. The molecule has 23 rings (SSSR count). The Morgan fingerprint density at radius 2 is 0.522 bits per heavy atom. The molecule has 0 aliphatic heterocycles. The van der Waals surface area contributed by atoms with Gasteiger partial charge in [0.2, 0.25) is 0 Å². The molecule has 17 aromatic carbocycles. The van der Waals surface area contributed by atoms with E-state index >= 15 is 0 Å². The van der Waals surface area contributed by atoms with Crippen LogP contribution in [0, 0.1) is 0 Å². The molecule has 2 aromatic heterocycles. The highest BCUT2D eigenvalue weighted by atomic mass is 15.2. The molecule has 532 valence electrons. The van der Waals surface area contributed by atoms with Crippen molar-refractivity contribution < 1.29 is 0 Å². The predicted octanol–water partition coefficient (Wildman–Crippen LogP) is 28.8. The minimum absolute atomic E-state index is 0.279. The average Bonchev–Trinajstić information content (AvgIpc) is 1.50. The minimum atomic E-state index is -0.634. The van der Waals surface area contributed by atoms with E-state index in [0.29, 0.717) is 0 Å². The fraction of sp³-hybridized carbons (Fsp3) is 0.0642. The van der Waals surface area contributed by atoms with Crippen molar-refractivity contribution in [2.24, 2.45) is 0 Å². The molecule has 0 saturated carbocycles. The Morgan fingerprint density at radius 1 is 0.204 bits per heavy atom. The second kappa shape index (κ2) is 24.5. The van der Waals surface area contributed by atoms with E-state index in [1.807, 2.05) is 0 Å². The van der Waals surface area contributed by atoms with Crippen LogP contribution >= 0.6 is 0 Å². The Morgan fingerprint density at radius 3 is 0.965 bits per heavy atom. The zero-order valence-electron chi connectivity index (χ0n) is 63.2. The standard InChI is InChI=1S/C109H76N4/c1-107(2)93-43-18-11-32-83(93)88-62-60-76(67-98(88)107)110(74-56-52-69(53-57-74)80-39-26-50-102-104(80)91-37-16-23-48-100(91)112(102)72-28-7-5-8-29-72)78-64-71(82-41-25-42-90-87-36-15-22-47-97(87)109(106(82)90)95-45-20-13-34-85(95)86-35-14-21-46-96(86)109)65-79(66-78)111(77-61-63-89-84-33-12-19-44-94(84)108(3,4)99(89)68-77)75-58-54-70(55-59-75)81-40-27-51-103-105(81)92-38-17-24-49-101(92)113(103)73-30-9-6-10-31-73/h5-68H,1-4H3. The first-order valence-electron chi connectivity index (χ1n) is 39.6. The summed E-state index contributed by atoms with van der Waals surface area (Å²) < 4.78 is 4.84. The van der Waals surface area contributed by atoms with Gasteiger partial charge in [-0.3, -0.25) is 0 Å². The Hall–Kier alpha value is -14.1. The molecule has 4 heteroatoms. The highest BCUT2D eigenvalue weighted by molar-refractivity contribution is 6.17. The van der Waals surface area contributed by atoms with Gasteiger partial charge in [0.15, 0.2) is 0 Å². The van der Waals surface area contributed by atoms with E-state index in [9.17, 15) is 0 Å². The smallest absolute Gasteiger partial charge is 0.0731 e. The molecule has 0 bridgehead atoms. The fourth-order valence-electron chi connectivity index (χ4n) is 20.8. The van der Waals surface area contributed by atoms with E-state index in [0.717, 1.165) is 62.2 Å². The predicted molar refractivity (Wildman–Crippen MR) is 472 cm³/mol. The molecule has 4 aliphatic carbocycles. The summed E-state index contributed by atoms with van der Waals surface area (Å²) in [5.41, 5.74) is 39.8. The highest BCUT2D eigenvalue weighted by Crippen LogP contribution is 2.65. The monoisotopic (exact) mass is 1440 g/mol. The van der Waals surface area contributed by atoms with Gasteiger partial charge in [-0.15, -0.1) is 0 Å². The number of nitrogens with zero attached hydrogens (tertiary/aromatic N) is 4. The number of benzene rings is 17. The Bertz CT molecular complexity index is 6780. The van der Waals surface area contributed by atoms with Crippen LogP contribution in [-0.4, -0.2) is 9.13 Å². The fourth-order valence-corrected chi connectivity index (χ4v) is 20.8. The summed E-state index contributed by atoms with van der Waals surface area (Å²) in [7, 11) is 0. The van der Waals surface area contributed by atoms with Gasteiger partial charge in [-0.2, -0.15) is 0 Å². The van der Waals surface area contributed by atoms with Crippen LogP contribution in [0.5, 0.6) is 0 Å². The number of rotatable bonds is 11. The van der Waals surface area contributed by atoms with Crippen molar-refractivity contribution in [1.29, 1.82) is 0 Å². The van der Waals surface area contributed by atoms with Crippen molar-refractivity contribution in [1.82, 2.24) is 9.13 Å². The SMILES string of the molecule is CC1(C)c2ccccc2-c2ccc(N(c3ccc(-c4cccc5c4c4ccccc4n5-c4ccccc4)cc3)c3cc(-c4cccc5c4C4(c6ccccc6-c6ccccc64)c4ccccc4-5)cc(N(c4ccc(-c5cccc6c5c5ccccc5n6-c5ccccc5)cc4)c4ccc5c(c4)C(C)(C)c4ccccc4-5)c3)cc21. The van der Waals surface area contributed by atoms with Crippen molar-refractivity contribution >= 4 is 77.7 Å². The Labute approximate surface area is 658 Å². The van der Waals surface area contributed by atoms with Crippen LogP contribution in [0.15, 0.2) is 388 Å². The van der Waals surface area contributed by atoms with Gasteiger partial charge in [0, 0.05) is 77.9 Å². The van der Waals surface area contributed by atoms with Crippen molar-refractivity contribution in [3.8, 4) is 89.3 Å². The first kappa shape index (κ1) is 64.9. The third-order valence-electron chi connectivity index (χ3n) is 25.7. The molecule has 0 saturated heterocycles. The largest absolute Gasteiger partial charge is 0.310 e. The van der Waals surface area contributed by atoms with E-state index in [4.69, 9.17) is 0 Å². The van der Waals surface area contributed by atoms with E-state index in [2.05, 4.69) is 435 Å². The molecule has 1 spiro atoms. The molecule has 0 atom stereocenters. The van der Waals surface area contributed by atoms with Crippen LogP contribution in [-0.2, 0) is 16.2 Å². The Balaban J connectivity index is 0.790. The first-order valence-corrected chi connectivity index (χ1v) is 39.6. The van der Waals surface area contributed by atoms with Gasteiger partial charge in [-0.05, 0) is 238 Å². The normalized spacial score (nSPS) is 13.9. The maximum atomic E-state index is 2.56.